The molecule has 1 aromatic heterocycles. The molecule has 21 heavy (non-hydrogen) atoms. The highest BCUT2D eigenvalue weighted by Crippen LogP contribution is 2.40. The van der Waals surface area contributed by atoms with Gasteiger partial charge in [0, 0.05) is 29.4 Å². The Bertz CT molecular complexity index is 697. The number of rotatable bonds is 3. The van der Waals surface area contributed by atoms with Crippen molar-refractivity contribution in [2.45, 2.75) is 32.6 Å². The second kappa shape index (κ2) is 5.10. The molecule has 0 fully saturated rings. The Kier molecular flexibility index (Phi) is 3.09. The van der Waals surface area contributed by atoms with Crippen LogP contribution in [0.25, 0.3) is 10.9 Å². The summed E-state index contributed by atoms with van der Waals surface area (Å²) in [5.74, 6) is 1.66. The number of hydrogen-bond acceptors (Lipinski definition) is 4. The lowest BCUT2D eigenvalue weighted by Crippen LogP contribution is -2.15. The van der Waals surface area contributed by atoms with Crippen LogP contribution in [0, 0.1) is 0 Å². The van der Waals surface area contributed by atoms with E-state index in [0.717, 1.165) is 48.2 Å². The van der Waals surface area contributed by atoms with Gasteiger partial charge in [0.1, 0.15) is 13.2 Å². The number of nitrogens with zero attached hydrogens (tertiary/aromatic N) is 1. The van der Waals surface area contributed by atoms with Crippen LogP contribution >= 0.6 is 0 Å². The molecular weight excluding hydrogens is 264 g/mol. The maximum atomic E-state index is 5.73. The van der Waals surface area contributed by atoms with Gasteiger partial charge in [0.25, 0.3) is 0 Å². The minimum Gasteiger partial charge on any atom is -0.486 e. The maximum absolute atomic E-state index is 5.73. The Labute approximate surface area is 124 Å². The zero-order chi connectivity index (χ0) is 14.2. The number of anilines is 1. The fraction of sp³-hybridized carbons (Fsp3) is 0.471. The van der Waals surface area contributed by atoms with Gasteiger partial charge < -0.3 is 14.8 Å². The summed E-state index contributed by atoms with van der Waals surface area (Å²) < 4.78 is 11.4. The normalized spacial score (nSPS) is 16.0. The number of hydrogen-bond donors (Lipinski definition) is 1. The van der Waals surface area contributed by atoms with Crippen LogP contribution in [-0.4, -0.2) is 24.7 Å². The van der Waals surface area contributed by atoms with E-state index in [1.807, 2.05) is 6.07 Å². The zero-order valence-electron chi connectivity index (χ0n) is 12.4. The third kappa shape index (κ3) is 2.09. The number of pyridine rings is 1. The summed E-state index contributed by atoms with van der Waals surface area (Å²) in [6.07, 6.45) is 4.52. The quantitative estimate of drug-likeness (QED) is 0.939. The summed E-state index contributed by atoms with van der Waals surface area (Å²) in [5.41, 5.74) is 4.91. The summed E-state index contributed by atoms with van der Waals surface area (Å²) in [5, 5.41) is 4.77. The molecule has 1 aliphatic carbocycles. The van der Waals surface area contributed by atoms with Gasteiger partial charge in [-0.1, -0.05) is 6.92 Å². The second-order valence-electron chi connectivity index (χ2n) is 5.71. The number of fused-ring (bicyclic) bond motifs is 3. The Morgan fingerprint density at radius 3 is 2.76 bits per heavy atom. The highest BCUT2D eigenvalue weighted by molar-refractivity contribution is 5.96. The van der Waals surface area contributed by atoms with Gasteiger partial charge in [-0.05, 0) is 37.3 Å². The van der Waals surface area contributed by atoms with E-state index in [4.69, 9.17) is 14.5 Å². The molecule has 0 unspecified atom stereocenters. The first-order valence-corrected chi connectivity index (χ1v) is 7.86. The lowest BCUT2D eigenvalue weighted by Gasteiger charge is -2.21. The molecule has 1 aliphatic heterocycles. The van der Waals surface area contributed by atoms with Crippen LogP contribution in [0.4, 0.5) is 5.69 Å². The van der Waals surface area contributed by atoms with E-state index >= 15 is 0 Å². The van der Waals surface area contributed by atoms with Gasteiger partial charge in [-0.15, -0.1) is 0 Å². The van der Waals surface area contributed by atoms with Crippen LogP contribution in [0.5, 0.6) is 11.5 Å². The summed E-state index contributed by atoms with van der Waals surface area (Å²) in [6, 6.07) is 4.12. The highest BCUT2D eigenvalue weighted by atomic mass is 16.6. The molecule has 4 heteroatoms. The molecule has 1 aromatic carbocycles. The molecule has 0 bridgehead atoms. The fourth-order valence-electron chi connectivity index (χ4n) is 3.25. The summed E-state index contributed by atoms with van der Waals surface area (Å²) in [6.45, 7) is 4.41. The molecule has 0 atom stereocenters. The minimum atomic E-state index is 0.615. The predicted octanol–water partition coefficient (Wildman–Crippen LogP) is 3.32. The first-order valence-electron chi connectivity index (χ1n) is 7.86. The van der Waals surface area contributed by atoms with Crippen molar-refractivity contribution in [2.24, 2.45) is 0 Å². The summed E-state index contributed by atoms with van der Waals surface area (Å²) in [4.78, 5) is 4.86. The van der Waals surface area contributed by atoms with E-state index in [1.54, 1.807) is 0 Å². The van der Waals surface area contributed by atoms with Crippen molar-refractivity contribution in [3.05, 3.63) is 23.4 Å². The summed E-state index contributed by atoms with van der Waals surface area (Å²) >= 11 is 0. The van der Waals surface area contributed by atoms with Crippen molar-refractivity contribution in [3.63, 3.8) is 0 Å². The fourth-order valence-corrected chi connectivity index (χ4v) is 3.25. The number of benzene rings is 1. The SMILES string of the molecule is CCCNc1c2c(nc3cc4c(cc13)OCCO4)CCC2. The third-order valence-electron chi connectivity index (χ3n) is 4.23. The average molecular weight is 284 g/mol. The maximum Gasteiger partial charge on any atom is 0.163 e. The van der Waals surface area contributed by atoms with Crippen LogP contribution in [0.2, 0.25) is 0 Å². The van der Waals surface area contributed by atoms with Crippen molar-refractivity contribution >= 4 is 16.6 Å². The Morgan fingerprint density at radius 2 is 1.95 bits per heavy atom. The van der Waals surface area contributed by atoms with E-state index in [0.29, 0.717) is 13.2 Å². The van der Waals surface area contributed by atoms with E-state index < -0.39 is 0 Å². The van der Waals surface area contributed by atoms with Crippen LogP contribution in [0.3, 0.4) is 0 Å². The van der Waals surface area contributed by atoms with Gasteiger partial charge in [0.05, 0.1) is 5.52 Å². The van der Waals surface area contributed by atoms with Crippen LogP contribution < -0.4 is 14.8 Å². The smallest absolute Gasteiger partial charge is 0.163 e. The van der Waals surface area contributed by atoms with Crippen molar-refractivity contribution in [1.82, 2.24) is 4.98 Å². The first kappa shape index (κ1) is 12.7. The molecule has 4 nitrogen and oxygen atoms in total. The van der Waals surface area contributed by atoms with E-state index in [2.05, 4.69) is 18.3 Å². The summed E-state index contributed by atoms with van der Waals surface area (Å²) in [7, 11) is 0. The molecule has 2 aromatic rings. The largest absolute Gasteiger partial charge is 0.486 e. The molecule has 0 saturated heterocycles. The molecule has 4 rings (SSSR count). The van der Waals surface area contributed by atoms with Gasteiger partial charge in [0.15, 0.2) is 11.5 Å². The van der Waals surface area contributed by atoms with E-state index in [9.17, 15) is 0 Å². The Balaban J connectivity index is 1.93. The molecule has 0 radical (unpaired) electrons. The van der Waals surface area contributed by atoms with Crippen molar-refractivity contribution in [2.75, 3.05) is 25.1 Å². The lowest BCUT2D eigenvalue weighted by molar-refractivity contribution is 0.172. The number of nitrogens with one attached hydrogen (secondary N) is 1. The van der Waals surface area contributed by atoms with Crippen LogP contribution in [-0.2, 0) is 12.8 Å². The van der Waals surface area contributed by atoms with E-state index in [-0.39, 0.29) is 0 Å². The number of ether oxygens (including phenoxy) is 2. The lowest BCUT2D eigenvalue weighted by atomic mass is 10.1. The average Bonchev–Trinajstić information content (AvgIpc) is 2.97. The van der Waals surface area contributed by atoms with Gasteiger partial charge in [-0.2, -0.15) is 0 Å². The molecule has 0 saturated carbocycles. The number of aryl methyl sites for hydroxylation is 1. The molecule has 2 aliphatic rings. The van der Waals surface area contributed by atoms with Crippen LogP contribution in [0.1, 0.15) is 31.0 Å². The van der Waals surface area contributed by atoms with Gasteiger partial charge in [-0.3, -0.25) is 4.98 Å². The van der Waals surface area contributed by atoms with E-state index in [1.165, 1.54) is 23.4 Å². The molecule has 1 N–H and O–H groups in total. The predicted molar refractivity (Wildman–Crippen MR) is 83.5 cm³/mol. The Hall–Kier alpha value is -1.97. The molecule has 2 heterocycles. The van der Waals surface area contributed by atoms with Gasteiger partial charge in [-0.25, -0.2) is 0 Å². The van der Waals surface area contributed by atoms with Gasteiger partial charge in [0.2, 0.25) is 0 Å². The van der Waals surface area contributed by atoms with Crippen LogP contribution in [0.15, 0.2) is 12.1 Å². The number of aromatic nitrogens is 1. The van der Waals surface area contributed by atoms with Crippen molar-refractivity contribution in [3.8, 4) is 11.5 Å². The topological polar surface area (TPSA) is 43.4 Å². The molecule has 0 amide bonds. The molecule has 0 spiro atoms. The minimum absolute atomic E-state index is 0.615. The van der Waals surface area contributed by atoms with Crippen molar-refractivity contribution < 1.29 is 9.47 Å². The third-order valence-corrected chi connectivity index (χ3v) is 4.23. The van der Waals surface area contributed by atoms with Crippen molar-refractivity contribution in [1.29, 1.82) is 0 Å². The molecule has 110 valence electrons. The first-order chi connectivity index (χ1) is 10.4. The highest BCUT2D eigenvalue weighted by Gasteiger charge is 2.22. The van der Waals surface area contributed by atoms with Gasteiger partial charge >= 0.3 is 0 Å². The zero-order valence-corrected chi connectivity index (χ0v) is 12.4. The Morgan fingerprint density at radius 1 is 1.14 bits per heavy atom. The molecular formula is C17H20N2O2. The standard InChI is InChI=1S/C17H20N2O2/c1-2-6-18-17-11-4-3-5-13(11)19-14-10-16-15(9-12(14)17)20-7-8-21-16/h9-10H,2-8H2,1H3,(H,18,19). The second-order valence-corrected chi connectivity index (χ2v) is 5.71. The monoisotopic (exact) mass is 284 g/mol.